The third-order valence-electron chi connectivity index (χ3n) is 4.84. The van der Waals surface area contributed by atoms with E-state index in [0.717, 1.165) is 18.5 Å². The highest BCUT2D eigenvalue weighted by Gasteiger charge is 2.36. The molecule has 3 atom stereocenters. The first-order valence-electron chi connectivity index (χ1n) is 7.67. The minimum atomic E-state index is -0.219. The Balaban J connectivity index is 2.23. The summed E-state index contributed by atoms with van der Waals surface area (Å²) in [6, 6.07) is 1.67. The number of hydrogen-bond acceptors (Lipinski definition) is 2. The highest BCUT2D eigenvalue weighted by Crippen LogP contribution is 2.46. The monoisotopic (exact) mass is 278 g/mol. The van der Waals surface area contributed by atoms with Crippen molar-refractivity contribution in [1.29, 1.82) is 0 Å². The van der Waals surface area contributed by atoms with Gasteiger partial charge in [0.05, 0.1) is 6.20 Å². The first kappa shape index (κ1) is 15.4. The van der Waals surface area contributed by atoms with Gasteiger partial charge in [0, 0.05) is 6.20 Å². The van der Waals surface area contributed by atoms with Gasteiger partial charge >= 0.3 is 0 Å². The minimum absolute atomic E-state index is 0.219. The number of halogens is 1. The molecule has 1 saturated carbocycles. The van der Waals surface area contributed by atoms with Gasteiger partial charge in [-0.25, -0.2) is 4.39 Å². The van der Waals surface area contributed by atoms with Crippen LogP contribution in [0.15, 0.2) is 18.5 Å². The van der Waals surface area contributed by atoms with E-state index >= 15 is 0 Å². The third-order valence-corrected chi connectivity index (χ3v) is 4.84. The van der Waals surface area contributed by atoms with E-state index in [9.17, 15) is 4.39 Å². The van der Waals surface area contributed by atoms with E-state index in [2.05, 4.69) is 31.1 Å². The summed E-state index contributed by atoms with van der Waals surface area (Å²) in [5.41, 5.74) is 1.39. The lowest BCUT2D eigenvalue weighted by Crippen LogP contribution is -2.34. The molecule has 3 heteroatoms. The summed E-state index contributed by atoms with van der Waals surface area (Å²) in [6.45, 7) is 7.95. The van der Waals surface area contributed by atoms with Crippen molar-refractivity contribution in [3.8, 4) is 0 Å². The second-order valence-electron chi connectivity index (χ2n) is 7.24. The first-order valence-corrected chi connectivity index (χ1v) is 7.67. The Morgan fingerprint density at radius 1 is 1.30 bits per heavy atom. The molecular formula is C17H27FN2. The van der Waals surface area contributed by atoms with Crippen LogP contribution in [0.5, 0.6) is 0 Å². The zero-order valence-electron chi connectivity index (χ0n) is 13.1. The van der Waals surface area contributed by atoms with Gasteiger partial charge in [0.25, 0.3) is 0 Å². The molecule has 0 aliphatic heterocycles. The summed E-state index contributed by atoms with van der Waals surface area (Å²) >= 11 is 0. The maximum Gasteiger partial charge on any atom is 0.141 e. The van der Waals surface area contributed by atoms with E-state index in [1.807, 2.05) is 13.2 Å². The van der Waals surface area contributed by atoms with Crippen LogP contribution in [0, 0.1) is 23.1 Å². The lowest BCUT2D eigenvalue weighted by atomic mass is 9.64. The average Bonchev–Trinajstić information content (AvgIpc) is 2.38. The molecule has 1 aliphatic rings. The standard InChI is InChI=1S/C17H27FN2/c1-17(2,3)14-6-5-12(9-19-4)16(8-14)13-7-15(18)11-20-10-13/h7,10-12,14,16,19H,5-6,8-9H2,1-4H3. The van der Waals surface area contributed by atoms with Crippen molar-refractivity contribution in [2.75, 3.05) is 13.6 Å². The van der Waals surface area contributed by atoms with Gasteiger partial charge in [-0.15, -0.1) is 0 Å². The molecule has 0 bridgehead atoms. The van der Waals surface area contributed by atoms with Crippen molar-refractivity contribution in [2.24, 2.45) is 17.3 Å². The Morgan fingerprint density at radius 3 is 2.65 bits per heavy atom. The molecule has 0 spiro atoms. The van der Waals surface area contributed by atoms with E-state index in [-0.39, 0.29) is 5.82 Å². The third kappa shape index (κ3) is 3.57. The van der Waals surface area contributed by atoms with Crippen LogP contribution in [0.1, 0.15) is 51.5 Å². The van der Waals surface area contributed by atoms with Gasteiger partial charge in [-0.3, -0.25) is 4.98 Å². The zero-order chi connectivity index (χ0) is 14.8. The molecule has 0 radical (unpaired) electrons. The summed E-state index contributed by atoms with van der Waals surface area (Å²) < 4.78 is 13.5. The number of nitrogens with one attached hydrogen (secondary N) is 1. The van der Waals surface area contributed by atoms with E-state index in [0.29, 0.717) is 23.2 Å². The SMILES string of the molecule is CNCC1CCC(C(C)(C)C)CC1c1cncc(F)c1. The molecule has 112 valence electrons. The maximum absolute atomic E-state index is 13.5. The van der Waals surface area contributed by atoms with E-state index in [1.54, 1.807) is 6.07 Å². The van der Waals surface area contributed by atoms with E-state index < -0.39 is 0 Å². The number of nitrogens with zero attached hydrogens (tertiary/aromatic N) is 1. The van der Waals surface area contributed by atoms with Gasteiger partial charge in [0.1, 0.15) is 5.82 Å². The van der Waals surface area contributed by atoms with Crippen molar-refractivity contribution in [2.45, 2.75) is 46.0 Å². The summed E-state index contributed by atoms with van der Waals surface area (Å²) in [7, 11) is 2.00. The van der Waals surface area contributed by atoms with Gasteiger partial charge in [0.2, 0.25) is 0 Å². The van der Waals surface area contributed by atoms with Crippen LogP contribution in [0.25, 0.3) is 0 Å². The fraction of sp³-hybridized carbons (Fsp3) is 0.706. The lowest BCUT2D eigenvalue weighted by Gasteiger charge is -2.42. The highest BCUT2D eigenvalue weighted by molar-refractivity contribution is 5.18. The molecule has 20 heavy (non-hydrogen) atoms. The molecule has 0 saturated heterocycles. The normalized spacial score (nSPS) is 27.6. The molecular weight excluding hydrogens is 251 g/mol. The molecule has 1 N–H and O–H groups in total. The van der Waals surface area contributed by atoms with Crippen LogP contribution in [-0.4, -0.2) is 18.6 Å². The second kappa shape index (κ2) is 6.21. The van der Waals surface area contributed by atoms with E-state index in [4.69, 9.17) is 0 Å². The van der Waals surface area contributed by atoms with Crippen molar-refractivity contribution in [3.05, 3.63) is 29.8 Å². The molecule has 1 aromatic heterocycles. The van der Waals surface area contributed by atoms with Crippen LogP contribution in [0.2, 0.25) is 0 Å². The average molecular weight is 278 g/mol. The Hall–Kier alpha value is -0.960. The maximum atomic E-state index is 13.5. The lowest BCUT2D eigenvalue weighted by molar-refractivity contribution is 0.130. The number of pyridine rings is 1. The molecule has 0 aromatic carbocycles. The van der Waals surface area contributed by atoms with Crippen molar-refractivity contribution in [1.82, 2.24) is 10.3 Å². The molecule has 3 unspecified atom stereocenters. The van der Waals surface area contributed by atoms with Crippen LogP contribution in [-0.2, 0) is 0 Å². The summed E-state index contributed by atoms with van der Waals surface area (Å²) in [6.07, 6.45) is 6.77. The molecule has 1 aromatic rings. The Bertz CT molecular complexity index is 439. The largest absolute Gasteiger partial charge is 0.319 e. The van der Waals surface area contributed by atoms with Crippen molar-refractivity contribution >= 4 is 0 Å². The fourth-order valence-corrected chi connectivity index (χ4v) is 3.57. The topological polar surface area (TPSA) is 24.9 Å². The summed E-state index contributed by atoms with van der Waals surface area (Å²) in [5.74, 6) is 1.48. The predicted molar refractivity (Wildman–Crippen MR) is 81.1 cm³/mol. The molecule has 2 rings (SSSR count). The van der Waals surface area contributed by atoms with Gasteiger partial charge in [-0.1, -0.05) is 20.8 Å². The molecule has 1 heterocycles. The number of aromatic nitrogens is 1. The Morgan fingerprint density at radius 2 is 2.05 bits per heavy atom. The van der Waals surface area contributed by atoms with Gasteiger partial charge in [-0.2, -0.15) is 0 Å². The Labute approximate surface area is 122 Å². The molecule has 0 amide bonds. The molecule has 2 nitrogen and oxygen atoms in total. The summed E-state index contributed by atoms with van der Waals surface area (Å²) in [4.78, 5) is 4.05. The van der Waals surface area contributed by atoms with Crippen molar-refractivity contribution in [3.63, 3.8) is 0 Å². The van der Waals surface area contributed by atoms with Crippen LogP contribution >= 0.6 is 0 Å². The number of rotatable bonds is 3. The predicted octanol–water partition coefficient (Wildman–Crippen LogP) is 3.99. The first-order chi connectivity index (χ1) is 9.41. The quantitative estimate of drug-likeness (QED) is 0.904. The van der Waals surface area contributed by atoms with Gasteiger partial charge in [0.15, 0.2) is 0 Å². The molecule has 1 fully saturated rings. The van der Waals surface area contributed by atoms with Crippen molar-refractivity contribution < 1.29 is 4.39 Å². The van der Waals surface area contributed by atoms with Crippen LogP contribution < -0.4 is 5.32 Å². The smallest absolute Gasteiger partial charge is 0.141 e. The Kier molecular flexibility index (Phi) is 4.79. The molecule has 1 aliphatic carbocycles. The van der Waals surface area contributed by atoms with Gasteiger partial charge in [-0.05, 0) is 67.7 Å². The van der Waals surface area contributed by atoms with Crippen LogP contribution in [0.4, 0.5) is 4.39 Å². The number of hydrogen-bond donors (Lipinski definition) is 1. The van der Waals surface area contributed by atoms with E-state index in [1.165, 1.54) is 19.0 Å². The summed E-state index contributed by atoms with van der Waals surface area (Å²) in [5, 5.41) is 3.29. The minimum Gasteiger partial charge on any atom is -0.319 e. The zero-order valence-corrected chi connectivity index (χ0v) is 13.1. The second-order valence-corrected chi connectivity index (χ2v) is 7.24. The highest BCUT2D eigenvalue weighted by atomic mass is 19.1. The van der Waals surface area contributed by atoms with Crippen LogP contribution in [0.3, 0.4) is 0 Å². The fourth-order valence-electron chi connectivity index (χ4n) is 3.57. The van der Waals surface area contributed by atoms with Gasteiger partial charge < -0.3 is 5.32 Å².